The van der Waals surface area contributed by atoms with Crippen molar-refractivity contribution in [3.8, 4) is 0 Å². The molecule has 100 valence electrons. The topological polar surface area (TPSA) is 79.7 Å². The van der Waals surface area contributed by atoms with E-state index in [1.54, 1.807) is 29.4 Å². The van der Waals surface area contributed by atoms with Gasteiger partial charge in [0.1, 0.15) is 6.61 Å². The molecule has 19 heavy (non-hydrogen) atoms. The second kappa shape index (κ2) is 4.62. The first-order valence-corrected chi connectivity index (χ1v) is 6.24. The molecule has 3 rings (SSSR count). The van der Waals surface area contributed by atoms with Crippen LogP contribution in [0.15, 0.2) is 24.5 Å². The summed E-state index contributed by atoms with van der Waals surface area (Å²) >= 11 is 0. The van der Waals surface area contributed by atoms with Crippen LogP contribution in [0.2, 0.25) is 0 Å². The zero-order valence-electron chi connectivity index (χ0n) is 10.2. The summed E-state index contributed by atoms with van der Waals surface area (Å²) in [5.41, 5.74) is 0.752. The van der Waals surface area contributed by atoms with Gasteiger partial charge in [0.2, 0.25) is 5.91 Å². The third kappa shape index (κ3) is 2.19. The Kier molecular flexibility index (Phi) is 2.94. The van der Waals surface area contributed by atoms with Crippen LogP contribution in [0.5, 0.6) is 0 Å². The fourth-order valence-corrected chi connectivity index (χ4v) is 2.51. The minimum absolute atomic E-state index is 0.137. The highest BCUT2D eigenvalue weighted by Crippen LogP contribution is 2.39. The van der Waals surface area contributed by atoms with Crippen LogP contribution in [0.3, 0.4) is 0 Å². The van der Waals surface area contributed by atoms with E-state index in [0.717, 1.165) is 18.4 Å². The number of carbonyl (C=O) groups is 2. The van der Waals surface area contributed by atoms with E-state index >= 15 is 0 Å². The summed E-state index contributed by atoms with van der Waals surface area (Å²) in [6.07, 6.45) is 4.04. The van der Waals surface area contributed by atoms with Crippen molar-refractivity contribution in [3.63, 3.8) is 0 Å². The third-order valence-electron chi connectivity index (χ3n) is 3.49. The highest BCUT2D eigenvalue weighted by atomic mass is 16.5. The van der Waals surface area contributed by atoms with Crippen molar-refractivity contribution in [1.29, 1.82) is 0 Å². The smallest absolute Gasteiger partial charge is 0.335 e. The largest absolute Gasteiger partial charge is 0.479 e. The molecule has 6 nitrogen and oxygen atoms in total. The highest BCUT2D eigenvalue weighted by Gasteiger charge is 2.47. The van der Waals surface area contributed by atoms with E-state index in [1.807, 2.05) is 0 Å². The summed E-state index contributed by atoms with van der Waals surface area (Å²) in [4.78, 5) is 29.0. The average molecular weight is 262 g/mol. The van der Waals surface area contributed by atoms with Gasteiger partial charge in [-0.15, -0.1) is 0 Å². The van der Waals surface area contributed by atoms with Crippen LogP contribution in [0, 0.1) is 0 Å². The number of pyridine rings is 1. The van der Waals surface area contributed by atoms with Crippen molar-refractivity contribution in [2.75, 3.05) is 6.61 Å². The summed E-state index contributed by atoms with van der Waals surface area (Å²) in [7, 11) is 0. The van der Waals surface area contributed by atoms with E-state index in [4.69, 9.17) is 4.74 Å². The minimum atomic E-state index is -1.04. The van der Waals surface area contributed by atoms with Crippen LogP contribution >= 0.6 is 0 Å². The van der Waals surface area contributed by atoms with Crippen molar-refractivity contribution < 1.29 is 19.4 Å². The van der Waals surface area contributed by atoms with Crippen molar-refractivity contribution in [1.82, 2.24) is 9.88 Å². The molecule has 2 aliphatic rings. The Balaban J connectivity index is 2.00. The molecule has 0 aromatic carbocycles. The number of carboxylic acids is 1. The number of hydrogen-bond acceptors (Lipinski definition) is 4. The monoisotopic (exact) mass is 262 g/mol. The zero-order chi connectivity index (χ0) is 13.4. The number of carbonyl (C=O) groups excluding carboxylic acids is 1. The molecule has 1 saturated carbocycles. The molecule has 1 aromatic rings. The van der Waals surface area contributed by atoms with Crippen molar-refractivity contribution in [3.05, 3.63) is 30.1 Å². The van der Waals surface area contributed by atoms with Gasteiger partial charge in [0, 0.05) is 18.4 Å². The van der Waals surface area contributed by atoms with E-state index < -0.39 is 18.1 Å². The molecule has 1 amide bonds. The number of rotatable bonds is 3. The highest BCUT2D eigenvalue weighted by molar-refractivity contribution is 5.83. The lowest BCUT2D eigenvalue weighted by Gasteiger charge is -2.39. The predicted octanol–water partition coefficient (Wildman–Crippen LogP) is 0.597. The van der Waals surface area contributed by atoms with Crippen molar-refractivity contribution in [2.24, 2.45) is 0 Å². The number of morpholine rings is 1. The number of hydrogen-bond donors (Lipinski definition) is 1. The molecular formula is C13H14N2O4. The van der Waals surface area contributed by atoms with Crippen LogP contribution in [0.1, 0.15) is 24.4 Å². The first-order valence-electron chi connectivity index (χ1n) is 6.24. The maximum Gasteiger partial charge on any atom is 0.335 e. The normalized spacial score (nSPS) is 27.4. The Labute approximate surface area is 110 Å². The van der Waals surface area contributed by atoms with Gasteiger partial charge in [0.25, 0.3) is 0 Å². The number of aliphatic carboxylic acids is 1. The van der Waals surface area contributed by atoms with Gasteiger partial charge in [0.05, 0.1) is 6.04 Å². The van der Waals surface area contributed by atoms with Gasteiger partial charge >= 0.3 is 5.97 Å². The molecular weight excluding hydrogens is 248 g/mol. The second-order valence-electron chi connectivity index (χ2n) is 4.83. The second-order valence-corrected chi connectivity index (χ2v) is 4.83. The lowest BCUT2D eigenvalue weighted by molar-refractivity contribution is -0.174. The molecule has 2 fully saturated rings. The fraction of sp³-hybridized carbons (Fsp3) is 0.462. The molecule has 2 unspecified atom stereocenters. The Bertz CT molecular complexity index is 501. The fourth-order valence-electron chi connectivity index (χ4n) is 2.51. The SMILES string of the molecule is O=C(O)C1OCC(=O)N(C2CC2)C1c1ccncc1. The quantitative estimate of drug-likeness (QED) is 0.862. The van der Waals surface area contributed by atoms with Crippen LogP contribution in [0.25, 0.3) is 0 Å². The van der Waals surface area contributed by atoms with Gasteiger partial charge < -0.3 is 14.7 Å². The van der Waals surface area contributed by atoms with Gasteiger partial charge in [-0.05, 0) is 30.5 Å². The van der Waals surface area contributed by atoms with Gasteiger partial charge in [-0.2, -0.15) is 0 Å². The molecule has 0 radical (unpaired) electrons. The summed E-state index contributed by atoms with van der Waals surface area (Å²) in [6, 6.07) is 3.06. The van der Waals surface area contributed by atoms with Crippen molar-refractivity contribution >= 4 is 11.9 Å². The standard InChI is InChI=1S/C13H14N2O4/c16-10-7-19-12(13(17)18)11(15(10)9-1-2-9)8-3-5-14-6-4-8/h3-6,9,11-12H,1-2,7H2,(H,17,18). The number of amides is 1. The number of aromatic nitrogens is 1. The zero-order valence-corrected chi connectivity index (χ0v) is 10.2. The van der Waals surface area contributed by atoms with Gasteiger partial charge in [0.15, 0.2) is 6.10 Å². The molecule has 2 heterocycles. The molecule has 1 aliphatic carbocycles. The average Bonchev–Trinajstić information content (AvgIpc) is 3.23. The number of carboxylic acid groups (broad SMARTS) is 1. The summed E-state index contributed by atoms with van der Waals surface area (Å²) < 4.78 is 5.22. The van der Waals surface area contributed by atoms with E-state index in [0.29, 0.717) is 0 Å². The van der Waals surface area contributed by atoms with E-state index in [-0.39, 0.29) is 18.6 Å². The maximum absolute atomic E-state index is 12.0. The Morgan fingerprint density at radius 1 is 1.37 bits per heavy atom. The van der Waals surface area contributed by atoms with Crippen LogP contribution < -0.4 is 0 Å². The lowest BCUT2D eigenvalue weighted by atomic mass is 9.98. The predicted molar refractivity (Wildman–Crippen MR) is 64.2 cm³/mol. The maximum atomic E-state index is 12.0. The van der Waals surface area contributed by atoms with Gasteiger partial charge in [-0.3, -0.25) is 9.78 Å². The molecule has 0 spiro atoms. The van der Waals surface area contributed by atoms with Gasteiger partial charge in [-0.1, -0.05) is 0 Å². The Morgan fingerprint density at radius 2 is 2.05 bits per heavy atom. The molecule has 0 bridgehead atoms. The summed E-state index contributed by atoms with van der Waals surface area (Å²) in [6.45, 7) is -0.158. The molecule has 1 aromatic heterocycles. The minimum Gasteiger partial charge on any atom is -0.479 e. The summed E-state index contributed by atoms with van der Waals surface area (Å²) in [5.74, 6) is -1.18. The first-order chi connectivity index (χ1) is 9.18. The Morgan fingerprint density at radius 3 is 2.63 bits per heavy atom. The summed E-state index contributed by atoms with van der Waals surface area (Å²) in [5, 5.41) is 9.30. The van der Waals surface area contributed by atoms with E-state index in [9.17, 15) is 14.7 Å². The van der Waals surface area contributed by atoms with Crippen LogP contribution in [0.4, 0.5) is 0 Å². The van der Waals surface area contributed by atoms with Gasteiger partial charge in [-0.25, -0.2) is 4.79 Å². The molecule has 1 saturated heterocycles. The molecule has 1 N–H and O–H groups in total. The number of nitrogens with zero attached hydrogens (tertiary/aromatic N) is 2. The van der Waals surface area contributed by atoms with Crippen molar-refractivity contribution in [2.45, 2.75) is 31.0 Å². The lowest BCUT2D eigenvalue weighted by Crippen LogP contribution is -2.52. The van der Waals surface area contributed by atoms with E-state index in [1.165, 1.54) is 0 Å². The van der Waals surface area contributed by atoms with Crippen LogP contribution in [-0.2, 0) is 14.3 Å². The van der Waals surface area contributed by atoms with Crippen LogP contribution in [-0.4, -0.2) is 45.6 Å². The Hall–Kier alpha value is -1.95. The third-order valence-corrected chi connectivity index (χ3v) is 3.49. The molecule has 6 heteroatoms. The van der Waals surface area contributed by atoms with E-state index in [2.05, 4.69) is 4.98 Å². The molecule has 1 aliphatic heterocycles. The number of ether oxygens (including phenoxy) is 1. The first kappa shape index (κ1) is 12.1. The molecule has 2 atom stereocenters.